The number of carboxylic acid groups (broad SMARTS) is 1. The van der Waals surface area contributed by atoms with E-state index in [2.05, 4.69) is 18.9 Å². The van der Waals surface area contributed by atoms with Gasteiger partial charge in [-0.05, 0) is 60.4 Å². The van der Waals surface area contributed by atoms with Crippen LogP contribution >= 0.6 is 11.6 Å². The Morgan fingerprint density at radius 3 is 2.50 bits per heavy atom. The third-order valence-electron chi connectivity index (χ3n) is 7.10. The first-order valence-electron chi connectivity index (χ1n) is 11.5. The molecule has 180 valence electrons. The highest BCUT2D eigenvalue weighted by atomic mass is 35.5. The van der Waals surface area contributed by atoms with Crippen molar-refractivity contribution in [2.75, 3.05) is 26.7 Å². The van der Waals surface area contributed by atoms with Crippen molar-refractivity contribution in [3.8, 4) is 0 Å². The number of hydrogen-bond donors (Lipinski definition) is 2. The average Bonchev–Trinajstić information content (AvgIpc) is 3.37. The molecule has 2 heterocycles. The van der Waals surface area contributed by atoms with E-state index in [0.717, 1.165) is 17.7 Å². The quantitative estimate of drug-likeness (QED) is 0.613. The number of benzene rings is 2. The van der Waals surface area contributed by atoms with E-state index in [4.69, 9.17) is 17.3 Å². The number of nitrogens with zero attached hydrogens (tertiary/aromatic N) is 2. The molecular weight excluding hydrogens is 457 g/mol. The molecule has 0 aromatic heterocycles. The van der Waals surface area contributed by atoms with Gasteiger partial charge in [0.2, 0.25) is 5.91 Å². The van der Waals surface area contributed by atoms with Crippen molar-refractivity contribution >= 4 is 23.5 Å². The number of carbonyl (C=O) groups excluding carboxylic acids is 1. The van der Waals surface area contributed by atoms with Gasteiger partial charge in [-0.25, -0.2) is 9.18 Å². The molecule has 3 unspecified atom stereocenters. The molecule has 0 spiro atoms. The second-order valence-electron chi connectivity index (χ2n) is 8.96. The molecule has 6 nitrogen and oxygen atoms in total. The maximum atomic E-state index is 14.1. The maximum absolute atomic E-state index is 14.1. The van der Waals surface area contributed by atoms with E-state index in [1.807, 2.05) is 17.0 Å². The highest BCUT2D eigenvalue weighted by Gasteiger charge is 2.44. The Balaban J connectivity index is 1.60. The monoisotopic (exact) mass is 485 g/mol. The van der Waals surface area contributed by atoms with Gasteiger partial charge in [-0.1, -0.05) is 36.7 Å². The van der Waals surface area contributed by atoms with E-state index >= 15 is 0 Å². The van der Waals surface area contributed by atoms with Crippen LogP contribution in [0.3, 0.4) is 0 Å². The van der Waals surface area contributed by atoms with E-state index in [1.165, 1.54) is 17.7 Å². The van der Waals surface area contributed by atoms with E-state index in [-0.39, 0.29) is 28.5 Å². The zero-order valence-electron chi connectivity index (χ0n) is 19.3. The predicted molar refractivity (Wildman–Crippen MR) is 129 cm³/mol. The van der Waals surface area contributed by atoms with E-state index in [9.17, 15) is 19.1 Å². The Morgan fingerprint density at radius 1 is 1.21 bits per heavy atom. The lowest BCUT2D eigenvalue weighted by atomic mass is 9.85. The zero-order chi connectivity index (χ0) is 24.6. The number of carbonyl (C=O) groups is 2. The molecule has 2 aliphatic rings. The molecule has 0 bridgehead atoms. The van der Waals surface area contributed by atoms with Crippen molar-refractivity contribution in [2.24, 2.45) is 5.73 Å². The number of aromatic carboxylic acids is 1. The number of amides is 1. The largest absolute Gasteiger partial charge is 0.478 e. The van der Waals surface area contributed by atoms with Crippen LogP contribution in [-0.2, 0) is 4.79 Å². The van der Waals surface area contributed by atoms with Crippen LogP contribution in [0.2, 0.25) is 5.02 Å². The van der Waals surface area contributed by atoms with Gasteiger partial charge in [0.05, 0.1) is 23.0 Å². The minimum absolute atomic E-state index is 0.0218. The number of likely N-dealkylation sites (N-methyl/N-ethyl adjacent to an activating group) is 1. The van der Waals surface area contributed by atoms with Gasteiger partial charge in [-0.3, -0.25) is 4.79 Å². The van der Waals surface area contributed by atoms with Gasteiger partial charge >= 0.3 is 5.97 Å². The topological polar surface area (TPSA) is 86.9 Å². The van der Waals surface area contributed by atoms with Gasteiger partial charge in [0.1, 0.15) is 5.82 Å². The van der Waals surface area contributed by atoms with Crippen LogP contribution in [0.15, 0.2) is 53.7 Å². The SMILES string of the molecule is CCC1C(c2ccc(C(=O)O)cc2)C2=C(CN(C(=O)C(CCN)c3ccc(Cl)c(F)c3)C2)N1C. The summed E-state index contributed by atoms with van der Waals surface area (Å²) in [6.07, 6.45) is 1.33. The fourth-order valence-electron chi connectivity index (χ4n) is 5.38. The van der Waals surface area contributed by atoms with E-state index < -0.39 is 17.7 Å². The number of carboxylic acids is 1. The minimum Gasteiger partial charge on any atom is -0.478 e. The summed E-state index contributed by atoms with van der Waals surface area (Å²) in [5.41, 5.74) is 9.98. The molecule has 4 rings (SSSR count). The Morgan fingerprint density at radius 2 is 1.91 bits per heavy atom. The Labute approximate surface area is 203 Å². The number of halogens is 2. The second kappa shape index (κ2) is 9.76. The van der Waals surface area contributed by atoms with E-state index in [0.29, 0.717) is 31.6 Å². The zero-order valence-corrected chi connectivity index (χ0v) is 20.1. The fourth-order valence-corrected chi connectivity index (χ4v) is 5.50. The molecule has 34 heavy (non-hydrogen) atoms. The van der Waals surface area contributed by atoms with Crippen LogP contribution in [0.5, 0.6) is 0 Å². The summed E-state index contributed by atoms with van der Waals surface area (Å²) in [6, 6.07) is 11.7. The van der Waals surface area contributed by atoms with Crippen molar-refractivity contribution in [2.45, 2.75) is 37.6 Å². The average molecular weight is 486 g/mol. The molecule has 2 aromatic rings. The van der Waals surface area contributed by atoms with Crippen molar-refractivity contribution in [1.82, 2.24) is 9.80 Å². The number of rotatable bonds is 7. The molecule has 0 fully saturated rings. The molecule has 2 aromatic carbocycles. The summed E-state index contributed by atoms with van der Waals surface area (Å²) < 4.78 is 14.1. The first-order valence-corrected chi connectivity index (χ1v) is 11.9. The Kier molecular flexibility index (Phi) is 6.96. The lowest BCUT2D eigenvalue weighted by molar-refractivity contribution is -0.132. The molecule has 0 radical (unpaired) electrons. The van der Waals surface area contributed by atoms with Crippen molar-refractivity contribution in [1.29, 1.82) is 0 Å². The fraction of sp³-hybridized carbons (Fsp3) is 0.385. The van der Waals surface area contributed by atoms with Gasteiger partial charge in [-0.15, -0.1) is 0 Å². The van der Waals surface area contributed by atoms with Crippen molar-refractivity contribution < 1.29 is 19.1 Å². The summed E-state index contributed by atoms with van der Waals surface area (Å²) >= 11 is 5.84. The van der Waals surface area contributed by atoms with Crippen LogP contribution < -0.4 is 5.73 Å². The van der Waals surface area contributed by atoms with Crippen LogP contribution in [0.4, 0.5) is 4.39 Å². The lowest BCUT2D eigenvalue weighted by Gasteiger charge is -2.33. The highest BCUT2D eigenvalue weighted by Crippen LogP contribution is 2.45. The molecule has 1 amide bonds. The molecule has 0 aliphatic carbocycles. The molecule has 3 atom stereocenters. The third kappa shape index (κ3) is 4.30. The Bertz CT molecular complexity index is 1130. The van der Waals surface area contributed by atoms with Gasteiger partial charge in [0.15, 0.2) is 0 Å². The van der Waals surface area contributed by atoms with Gasteiger partial charge in [-0.2, -0.15) is 0 Å². The molecule has 8 heteroatoms. The van der Waals surface area contributed by atoms with Crippen molar-refractivity contribution in [3.63, 3.8) is 0 Å². The summed E-state index contributed by atoms with van der Waals surface area (Å²) in [5.74, 6) is -2.05. The summed E-state index contributed by atoms with van der Waals surface area (Å²) in [6.45, 7) is 3.41. The number of hydrogen-bond acceptors (Lipinski definition) is 4. The van der Waals surface area contributed by atoms with Crippen molar-refractivity contribution in [3.05, 3.63) is 81.3 Å². The first-order chi connectivity index (χ1) is 16.3. The molecule has 0 saturated heterocycles. The van der Waals surface area contributed by atoms with Crippen LogP contribution in [-0.4, -0.2) is 59.5 Å². The maximum Gasteiger partial charge on any atom is 0.335 e. The standard InChI is InChI=1S/C26H29ClFN3O3/c1-3-22-24(15-4-6-16(7-5-15)26(33)34)19-13-31(14-23(19)30(22)2)25(32)18(10-11-29)17-8-9-20(27)21(28)12-17/h4-9,12,18,22,24H,3,10-11,13-14,29H2,1-2H3,(H,33,34). The molecule has 2 aliphatic heterocycles. The first kappa shape index (κ1) is 24.2. The summed E-state index contributed by atoms with van der Waals surface area (Å²) in [5, 5.41) is 9.27. The van der Waals surface area contributed by atoms with Gasteiger partial charge in [0.25, 0.3) is 0 Å². The predicted octanol–water partition coefficient (Wildman–Crippen LogP) is 4.21. The second-order valence-corrected chi connectivity index (χ2v) is 9.37. The molecular formula is C26H29ClFN3O3. The van der Waals surface area contributed by atoms with Crippen LogP contribution in [0.1, 0.15) is 53.1 Å². The summed E-state index contributed by atoms with van der Waals surface area (Å²) in [4.78, 5) is 28.9. The lowest BCUT2D eigenvalue weighted by Crippen LogP contribution is -2.40. The minimum atomic E-state index is -0.954. The van der Waals surface area contributed by atoms with Gasteiger partial charge in [0, 0.05) is 31.2 Å². The summed E-state index contributed by atoms with van der Waals surface area (Å²) in [7, 11) is 2.05. The molecule has 3 N–H and O–H groups in total. The van der Waals surface area contributed by atoms with Crippen LogP contribution in [0, 0.1) is 5.82 Å². The van der Waals surface area contributed by atoms with Gasteiger partial charge < -0.3 is 20.6 Å². The third-order valence-corrected chi connectivity index (χ3v) is 7.41. The normalized spacial score (nSPS) is 20.6. The Hall–Kier alpha value is -2.90. The highest BCUT2D eigenvalue weighted by molar-refractivity contribution is 6.30. The smallest absolute Gasteiger partial charge is 0.335 e. The van der Waals surface area contributed by atoms with E-state index in [1.54, 1.807) is 18.2 Å². The molecule has 0 saturated carbocycles. The van der Waals surface area contributed by atoms with Crippen LogP contribution in [0.25, 0.3) is 0 Å². The number of nitrogens with two attached hydrogens (primary N) is 1.